The van der Waals surface area contributed by atoms with Gasteiger partial charge in [0, 0.05) is 6.54 Å². The molecule has 0 saturated carbocycles. The van der Waals surface area contributed by atoms with Crippen LogP contribution in [0.1, 0.15) is 12.7 Å². The SMILES string of the molecule is CCN(Cc1nc2ccccc2c(=O)[nH]1)C(=O)CSc1nc2ccccc2s1. The molecule has 142 valence electrons. The van der Waals surface area contributed by atoms with Gasteiger partial charge in [0.25, 0.3) is 5.56 Å². The average molecular weight is 411 g/mol. The van der Waals surface area contributed by atoms with Crippen molar-refractivity contribution in [3.63, 3.8) is 0 Å². The molecule has 2 aromatic carbocycles. The van der Waals surface area contributed by atoms with Crippen molar-refractivity contribution < 1.29 is 4.79 Å². The number of aromatic nitrogens is 3. The summed E-state index contributed by atoms with van der Waals surface area (Å²) >= 11 is 3.03. The third-order valence-electron chi connectivity index (χ3n) is 4.33. The lowest BCUT2D eigenvalue weighted by atomic mass is 10.2. The molecule has 0 spiro atoms. The van der Waals surface area contributed by atoms with Crippen LogP contribution in [0.15, 0.2) is 57.7 Å². The standard InChI is InChI=1S/C20H18N4O2S2/c1-2-24(11-17-21-14-8-4-3-7-13(14)19(26)23-17)18(25)12-27-20-22-15-9-5-6-10-16(15)28-20/h3-10H,2,11-12H2,1H3,(H,21,23,26). The van der Waals surface area contributed by atoms with E-state index in [1.807, 2.05) is 37.3 Å². The molecular formula is C20H18N4O2S2. The molecule has 8 heteroatoms. The maximum Gasteiger partial charge on any atom is 0.258 e. The Balaban J connectivity index is 1.46. The predicted octanol–water partition coefficient (Wildman–Crippen LogP) is 3.67. The molecule has 0 atom stereocenters. The number of H-pyrrole nitrogens is 1. The van der Waals surface area contributed by atoms with Gasteiger partial charge in [0.1, 0.15) is 5.82 Å². The van der Waals surface area contributed by atoms with Crippen LogP contribution in [0, 0.1) is 0 Å². The van der Waals surface area contributed by atoms with Crippen LogP contribution in [0.25, 0.3) is 21.1 Å². The van der Waals surface area contributed by atoms with Gasteiger partial charge < -0.3 is 9.88 Å². The lowest BCUT2D eigenvalue weighted by molar-refractivity contribution is -0.128. The molecule has 0 aliphatic carbocycles. The summed E-state index contributed by atoms with van der Waals surface area (Å²) in [6.07, 6.45) is 0. The molecular weight excluding hydrogens is 392 g/mol. The van der Waals surface area contributed by atoms with E-state index in [-0.39, 0.29) is 18.0 Å². The van der Waals surface area contributed by atoms with Gasteiger partial charge in [-0.05, 0) is 31.2 Å². The smallest absolute Gasteiger partial charge is 0.258 e. The molecule has 2 heterocycles. The van der Waals surface area contributed by atoms with Gasteiger partial charge >= 0.3 is 0 Å². The Kier molecular flexibility index (Phi) is 5.40. The highest BCUT2D eigenvalue weighted by Gasteiger charge is 2.16. The van der Waals surface area contributed by atoms with Crippen molar-refractivity contribution in [1.82, 2.24) is 19.9 Å². The number of thiazole rings is 1. The number of aromatic amines is 1. The summed E-state index contributed by atoms with van der Waals surface area (Å²) in [5, 5.41) is 0.548. The van der Waals surface area contributed by atoms with E-state index < -0.39 is 0 Å². The van der Waals surface area contributed by atoms with E-state index in [0.29, 0.717) is 29.0 Å². The van der Waals surface area contributed by atoms with E-state index in [4.69, 9.17) is 0 Å². The molecule has 0 aliphatic rings. The number of thioether (sulfide) groups is 1. The Morgan fingerprint density at radius 3 is 2.64 bits per heavy atom. The van der Waals surface area contributed by atoms with Crippen LogP contribution in [-0.2, 0) is 11.3 Å². The minimum Gasteiger partial charge on any atom is -0.335 e. The minimum atomic E-state index is -0.187. The number of hydrogen-bond acceptors (Lipinski definition) is 6. The third-order valence-corrected chi connectivity index (χ3v) is 6.49. The number of fused-ring (bicyclic) bond motifs is 2. The predicted molar refractivity (Wildman–Crippen MR) is 114 cm³/mol. The number of nitrogens with zero attached hydrogens (tertiary/aromatic N) is 3. The maximum atomic E-state index is 12.7. The van der Waals surface area contributed by atoms with E-state index in [9.17, 15) is 9.59 Å². The normalized spacial score (nSPS) is 11.2. The molecule has 4 aromatic rings. The second kappa shape index (κ2) is 8.12. The molecule has 0 aliphatic heterocycles. The third kappa shape index (κ3) is 3.93. The van der Waals surface area contributed by atoms with Crippen LogP contribution < -0.4 is 5.56 Å². The van der Waals surface area contributed by atoms with Crippen molar-refractivity contribution in [3.8, 4) is 0 Å². The summed E-state index contributed by atoms with van der Waals surface area (Å²) in [4.78, 5) is 38.4. The minimum absolute atomic E-state index is 0.0115. The highest BCUT2D eigenvalue weighted by molar-refractivity contribution is 8.01. The summed E-state index contributed by atoms with van der Waals surface area (Å²) in [6, 6.07) is 15.1. The van der Waals surface area contributed by atoms with Gasteiger partial charge in [0.05, 0.1) is 33.4 Å². The summed E-state index contributed by atoms with van der Waals surface area (Å²) < 4.78 is 1.99. The lowest BCUT2D eigenvalue weighted by Gasteiger charge is -2.20. The van der Waals surface area contributed by atoms with Crippen molar-refractivity contribution in [3.05, 3.63) is 64.7 Å². The number of nitrogens with one attached hydrogen (secondary N) is 1. The molecule has 0 fully saturated rings. The Hall–Kier alpha value is -2.71. The Labute approximate surface area is 169 Å². The topological polar surface area (TPSA) is 79.0 Å². The van der Waals surface area contributed by atoms with Crippen LogP contribution in [-0.4, -0.2) is 38.1 Å². The van der Waals surface area contributed by atoms with E-state index in [1.54, 1.807) is 34.4 Å². The molecule has 28 heavy (non-hydrogen) atoms. The van der Waals surface area contributed by atoms with Crippen LogP contribution in [0.4, 0.5) is 0 Å². The molecule has 2 aromatic heterocycles. The molecule has 1 amide bonds. The number of amides is 1. The number of hydrogen-bond donors (Lipinski definition) is 1. The van der Waals surface area contributed by atoms with E-state index in [2.05, 4.69) is 15.0 Å². The molecule has 1 N–H and O–H groups in total. The first-order chi connectivity index (χ1) is 13.6. The maximum absolute atomic E-state index is 12.7. The van der Waals surface area contributed by atoms with Crippen molar-refractivity contribution >= 4 is 50.1 Å². The quantitative estimate of drug-likeness (QED) is 0.491. The molecule has 0 saturated heterocycles. The van der Waals surface area contributed by atoms with Gasteiger partial charge in [-0.3, -0.25) is 9.59 Å². The average Bonchev–Trinajstić information content (AvgIpc) is 3.13. The summed E-state index contributed by atoms with van der Waals surface area (Å²) in [6.45, 7) is 2.73. The molecule has 4 rings (SSSR count). The second-order valence-corrected chi connectivity index (χ2v) is 8.43. The first-order valence-electron chi connectivity index (χ1n) is 8.88. The van der Waals surface area contributed by atoms with Gasteiger partial charge in [-0.15, -0.1) is 11.3 Å². The summed E-state index contributed by atoms with van der Waals surface area (Å²) in [5.74, 6) is 0.775. The molecule has 0 radical (unpaired) electrons. The van der Waals surface area contributed by atoms with E-state index >= 15 is 0 Å². The first kappa shape index (κ1) is 18.6. The van der Waals surface area contributed by atoms with Gasteiger partial charge in [0.2, 0.25) is 5.91 Å². The zero-order chi connectivity index (χ0) is 19.5. The molecule has 0 unspecified atom stereocenters. The van der Waals surface area contributed by atoms with Crippen molar-refractivity contribution in [2.45, 2.75) is 17.8 Å². The van der Waals surface area contributed by atoms with E-state index in [1.165, 1.54) is 11.8 Å². The summed E-state index contributed by atoms with van der Waals surface area (Å²) in [7, 11) is 0. The zero-order valence-corrected chi connectivity index (χ0v) is 16.8. The number of para-hydroxylation sites is 2. The number of carbonyl (C=O) groups is 1. The van der Waals surface area contributed by atoms with Gasteiger partial charge in [-0.2, -0.15) is 0 Å². The Morgan fingerprint density at radius 2 is 1.86 bits per heavy atom. The van der Waals surface area contributed by atoms with E-state index in [0.717, 1.165) is 14.6 Å². The fourth-order valence-electron chi connectivity index (χ4n) is 2.89. The molecule has 0 bridgehead atoms. The fourth-order valence-corrected chi connectivity index (χ4v) is 4.87. The highest BCUT2D eigenvalue weighted by atomic mass is 32.2. The van der Waals surface area contributed by atoms with Gasteiger partial charge in [0.15, 0.2) is 4.34 Å². The molecule has 6 nitrogen and oxygen atoms in total. The lowest BCUT2D eigenvalue weighted by Crippen LogP contribution is -2.33. The first-order valence-corrected chi connectivity index (χ1v) is 10.7. The van der Waals surface area contributed by atoms with Crippen LogP contribution in [0.5, 0.6) is 0 Å². The number of rotatable bonds is 6. The van der Waals surface area contributed by atoms with Crippen molar-refractivity contribution in [2.75, 3.05) is 12.3 Å². The van der Waals surface area contributed by atoms with Crippen LogP contribution in [0.3, 0.4) is 0 Å². The van der Waals surface area contributed by atoms with Crippen LogP contribution in [0.2, 0.25) is 0 Å². The number of carbonyl (C=O) groups excluding carboxylic acids is 1. The van der Waals surface area contributed by atoms with Crippen LogP contribution >= 0.6 is 23.1 Å². The second-order valence-electron chi connectivity index (χ2n) is 6.17. The van der Waals surface area contributed by atoms with Gasteiger partial charge in [-0.1, -0.05) is 36.0 Å². The zero-order valence-electron chi connectivity index (χ0n) is 15.2. The Bertz CT molecular complexity index is 1170. The Morgan fingerprint density at radius 1 is 1.11 bits per heavy atom. The monoisotopic (exact) mass is 410 g/mol. The van der Waals surface area contributed by atoms with Gasteiger partial charge in [-0.25, -0.2) is 9.97 Å². The van der Waals surface area contributed by atoms with Crippen molar-refractivity contribution in [1.29, 1.82) is 0 Å². The summed E-state index contributed by atoms with van der Waals surface area (Å²) in [5.41, 5.74) is 1.40. The largest absolute Gasteiger partial charge is 0.335 e. The highest BCUT2D eigenvalue weighted by Crippen LogP contribution is 2.29. The fraction of sp³-hybridized carbons (Fsp3) is 0.200. The van der Waals surface area contributed by atoms with Crippen molar-refractivity contribution in [2.24, 2.45) is 0 Å². The number of benzene rings is 2.